The number of hydrogen-bond donors (Lipinski definition) is 1. The summed E-state index contributed by atoms with van der Waals surface area (Å²) in [6.45, 7) is 0.495. The molecule has 100 valence electrons. The smallest absolute Gasteiger partial charge is 0.225 e. The molecule has 0 saturated carbocycles. The summed E-state index contributed by atoms with van der Waals surface area (Å²) in [5.41, 5.74) is 1.71. The number of nitrogens with zero attached hydrogens (tertiary/aromatic N) is 2. The molecule has 0 fully saturated rings. The second-order valence-electron chi connectivity index (χ2n) is 3.73. The number of rotatable bonds is 5. The lowest BCUT2D eigenvalue weighted by atomic mass is 10.2. The molecule has 0 spiro atoms. The molecule has 0 aliphatic heterocycles. The highest BCUT2D eigenvalue weighted by molar-refractivity contribution is 6.30. The van der Waals surface area contributed by atoms with Crippen LogP contribution in [0.4, 0.5) is 5.69 Å². The molecule has 19 heavy (non-hydrogen) atoms. The van der Waals surface area contributed by atoms with Gasteiger partial charge in [-0.05, 0) is 24.3 Å². The van der Waals surface area contributed by atoms with Crippen molar-refractivity contribution in [3.63, 3.8) is 0 Å². The third-order valence-electron chi connectivity index (χ3n) is 2.57. The number of ether oxygens (including phenoxy) is 2. The summed E-state index contributed by atoms with van der Waals surface area (Å²) in [6.07, 6.45) is 1.41. The first-order chi connectivity index (χ1) is 9.24. The van der Waals surface area contributed by atoms with Crippen molar-refractivity contribution in [2.75, 3.05) is 19.5 Å². The number of methoxy groups -OCH3 is 2. The van der Waals surface area contributed by atoms with Gasteiger partial charge in [0.15, 0.2) is 0 Å². The Morgan fingerprint density at radius 3 is 2.16 bits per heavy atom. The lowest BCUT2D eigenvalue weighted by Crippen LogP contribution is -2.06. The van der Waals surface area contributed by atoms with Crippen LogP contribution in [0.25, 0.3) is 0 Å². The molecule has 0 amide bonds. The quantitative estimate of drug-likeness (QED) is 0.912. The van der Waals surface area contributed by atoms with E-state index in [-0.39, 0.29) is 0 Å². The van der Waals surface area contributed by atoms with E-state index in [0.29, 0.717) is 23.3 Å². The SMILES string of the molecule is COc1ncnc(OC)c1CNc1ccc(Cl)cc1. The summed E-state index contributed by atoms with van der Waals surface area (Å²) in [4.78, 5) is 8.12. The van der Waals surface area contributed by atoms with Gasteiger partial charge >= 0.3 is 0 Å². The van der Waals surface area contributed by atoms with Crippen LogP contribution in [-0.2, 0) is 6.54 Å². The van der Waals surface area contributed by atoms with E-state index in [1.807, 2.05) is 24.3 Å². The number of benzene rings is 1. The molecule has 1 N–H and O–H groups in total. The lowest BCUT2D eigenvalue weighted by Gasteiger charge is -2.12. The number of hydrogen-bond acceptors (Lipinski definition) is 5. The van der Waals surface area contributed by atoms with Gasteiger partial charge in [0.05, 0.1) is 26.3 Å². The molecule has 0 saturated heterocycles. The molecule has 0 radical (unpaired) electrons. The summed E-state index contributed by atoms with van der Waals surface area (Å²) in [5, 5.41) is 3.94. The van der Waals surface area contributed by atoms with Crippen molar-refractivity contribution >= 4 is 17.3 Å². The fourth-order valence-electron chi connectivity index (χ4n) is 1.64. The molecule has 0 unspecified atom stereocenters. The average Bonchev–Trinajstić information content (AvgIpc) is 2.46. The van der Waals surface area contributed by atoms with Crippen LogP contribution in [-0.4, -0.2) is 24.2 Å². The third kappa shape index (κ3) is 3.26. The summed E-state index contributed by atoms with van der Waals surface area (Å²) in [6, 6.07) is 7.43. The van der Waals surface area contributed by atoms with E-state index in [0.717, 1.165) is 11.3 Å². The number of aromatic nitrogens is 2. The zero-order valence-electron chi connectivity index (χ0n) is 10.7. The largest absolute Gasteiger partial charge is 0.481 e. The first kappa shape index (κ1) is 13.4. The number of anilines is 1. The summed E-state index contributed by atoms with van der Waals surface area (Å²) >= 11 is 5.84. The summed E-state index contributed by atoms with van der Waals surface area (Å²) in [7, 11) is 3.13. The Bertz CT molecular complexity index is 524. The molecule has 0 atom stereocenters. The van der Waals surface area contributed by atoms with Gasteiger partial charge in [0.1, 0.15) is 6.33 Å². The van der Waals surface area contributed by atoms with Crippen LogP contribution >= 0.6 is 11.6 Å². The van der Waals surface area contributed by atoms with Crippen LogP contribution in [0.1, 0.15) is 5.56 Å². The minimum Gasteiger partial charge on any atom is -0.481 e. The Morgan fingerprint density at radius 2 is 1.63 bits per heavy atom. The first-order valence-corrected chi connectivity index (χ1v) is 6.03. The van der Waals surface area contributed by atoms with E-state index >= 15 is 0 Å². The number of nitrogens with one attached hydrogen (secondary N) is 1. The molecule has 0 aliphatic carbocycles. The van der Waals surface area contributed by atoms with Gasteiger partial charge in [-0.25, -0.2) is 9.97 Å². The molecular formula is C13H14ClN3O2. The van der Waals surface area contributed by atoms with Crippen LogP contribution in [0.5, 0.6) is 11.8 Å². The topological polar surface area (TPSA) is 56.3 Å². The third-order valence-corrected chi connectivity index (χ3v) is 2.82. The lowest BCUT2D eigenvalue weighted by molar-refractivity contribution is 0.363. The van der Waals surface area contributed by atoms with Crippen molar-refractivity contribution < 1.29 is 9.47 Å². The highest BCUT2D eigenvalue weighted by Gasteiger charge is 2.12. The maximum Gasteiger partial charge on any atom is 0.225 e. The Morgan fingerprint density at radius 1 is 1.05 bits per heavy atom. The fraction of sp³-hybridized carbons (Fsp3) is 0.231. The predicted octanol–water partition coefficient (Wildman–Crippen LogP) is 2.76. The molecule has 2 rings (SSSR count). The minimum absolute atomic E-state index is 0.494. The van der Waals surface area contributed by atoms with E-state index in [1.165, 1.54) is 6.33 Å². The van der Waals surface area contributed by atoms with Crippen molar-refractivity contribution in [1.82, 2.24) is 9.97 Å². The van der Waals surface area contributed by atoms with Gasteiger partial charge in [-0.2, -0.15) is 0 Å². The van der Waals surface area contributed by atoms with E-state index in [2.05, 4.69) is 15.3 Å². The van der Waals surface area contributed by atoms with Crippen LogP contribution in [0.15, 0.2) is 30.6 Å². The maximum atomic E-state index is 5.84. The van der Waals surface area contributed by atoms with E-state index in [9.17, 15) is 0 Å². The Labute approximate surface area is 116 Å². The predicted molar refractivity (Wildman–Crippen MR) is 73.9 cm³/mol. The van der Waals surface area contributed by atoms with Crippen LogP contribution in [0.3, 0.4) is 0 Å². The van der Waals surface area contributed by atoms with Gasteiger partial charge in [-0.1, -0.05) is 11.6 Å². The molecule has 2 aromatic rings. The monoisotopic (exact) mass is 279 g/mol. The van der Waals surface area contributed by atoms with Crippen molar-refractivity contribution in [2.24, 2.45) is 0 Å². The zero-order valence-corrected chi connectivity index (χ0v) is 11.4. The Hall–Kier alpha value is -2.01. The maximum absolute atomic E-state index is 5.84. The van der Waals surface area contributed by atoms with Gasteiger partial charge in [0.25, 0.3) is 0 Å². The van der Waals surface area contributed by atoms with Crippen molar-refractivity contribution in [3.8, 4) is 11.8 Å². The highest BCUT2D eigenvalue weighted by atomic mass is 35.5. The van der Waals surface area contributed by atoms with Gasteiger partial charge in [0, 0.05) is 10.7 Å². The summed E-state index contributed by atoms with van der Waals surface area (Å²) < 4.78 is 10.4. The van der Waals surface area contributed by atoms with Gasteiger partial charge in [-0.3, -0.25) is 0 Å². The molecule has 0 bridgehead atoms. The van der Waals surface area contributed by atoms with E-state index < -0.39 is 0 Å². The van der Waals surface area contributed by atoms with Crippen LogP contribution < -0.4 is 14.8 Å². The van der Waals surface area contributed by atoms with Crippen molar-refractivity contribution in [3.05, 3.63) is 41.2 Å². The molecule has 1 aromatic heterocycles. The Kier molecular flexibility index (Phi) is 4.41. The van der Waals surface area contributed by atoms with Gasteiger partial charge in [-0.15, -0.1) is 0 Å². The molecule has 1 aromatic carbocycles. The molecular weight excluding hydrogens is 266 g/mol. The van der Waals surface area contributed by atoms with Crippen molar-refractivity contribution in [1.29, 1.82) is 0 Å². The summed E-state index contributed by atoms with van der Waals surface area (Å²) in [5.74, 6) is 0.988. The molecule has 5 nitrogen and oxygen atoms in total. The zero-order chi connectivity index (χ0) is 13.7. The minimum atomic E-state index is 0.494. The van der Waals surface area contributed by atoms with Gasteiger partial charge in [0.2, 0.25) is 11.8 Å². The normalized spacial score (nSPS) is 10.1. The number of halogens is 1. The van der Waals surface area contributed by atoms with E-state index in [4.69, 9.17) is 21.1 Å². The van der Waals surface area contributed by atoms with Crippen LogP contribution in [0.2, 0.25) is 5.02 Å². The van der Waals surface area contributed by atoms with E-state index in [1.54, 1.807) is 14.2 Å². The molecule has 1 heterocycles. The first-order valence-electron chi connectivity index (χ1n) is 5.66. The molecule has 0 aliphatic rings. The highest BCUT2D eigenvalue weighted by Crippen LogP contribution is 2.24. The second-order valence-corrected chi connectivity index (χ2v) is 4.17. The van der Waals surface area contributed by atoms with Gasteiger partial charge < -0.3 is 14.8 Å². The Balaban J connectivity index is 2.16. The van der Waals surface area contributed by atoms with Crippen molar-refractivity contribution in [2.45, 2.75) is 6.54 Å². The standard InChI is InChI=1S/C13H14ClN3O2/c1-18-12-11(13(19-2)17-8-16-12)7-15-10-5-3-9(14)4-6-10/h3-6,8,15H,7H2,1-2H3. The molecule has 6 heteroatoms. The fourth-order valence-corrected chi connectivity index (χ4v) is 1.77. The second kappa shape index (κ2) is 6.24. The van der Waals surface area contributed by atoms with Crippen LogP contribution in [0, 0.1) is 0 Å². The average molecular weight is 280 g/mol.